The first-order chi connectivity index (χ1) is 7.31. The van der Waals surface area contributed by atoms with Crippen molar-refractivity contribution in [1.29, 1.82) is 0 Å². The van der Waals surface area contributed by atoms with Crippen molar-refractivity contribution in [2.24, 2.45) is 0 Å². The molecule has 1 heterocycles. The molecular weight excluding hydrogens is 274 g/mol. The molecule has 0 aliphatic carbocycles. The zero-order valence-corrected chi connectivity index (χ0v) is 10.8. The number of aromatic nitrogens is 1. The summed E-state index contributed by atoms with van der Waals surface area (Å²) >= 11 is 3.22. The van der Waals surface area contributed by atoms with Crippen LogP contribution in [0.1, 0.15) is 20.8 Å². The predicted octanol–water partition coefficient (Wildman–Crippen LogP) is 3.28. The molecule has 0 radical (unpaired) electrons. The van der Waals surface area contributed by atoms with Gasteiger partial charge in [-0.25, -0.2) is 4.79 Å². The van der Waals surface area contributed by atoms with Crippen molar-refractivity contribution in [2.45, 2.75) is 26.4 Å². The first-order valence-corrected chi connectivity index (χ1v) is 5.36. The molecule has 6 heteroatoms. The largest absolute Gasteiger partial charge is 0.442 e. The van der Waals surface area contributed by atoms with Gasteiger partial charge in [-0.3, -0.25) is 0 Å². The highest BCUT2D eigenvalue weighted by molar-refractivity contribution is 9.10. The van der Waals surface area contributed by atoms with E-state index < -0.39 is 11.7 Å². The molecule has 0 fully saturated rings. The van der Waals surface area contributed by atoms with Gasteiger partial charge in [-0.05, 0) is 42.8 Å². The fourth-order valence-corrected chi connectivity index (χ4v) is 1.40. The predicted molar refractivity (Wildman–Crippen MR) is 64.0 cm³/mol. The number of nitrogens with zero attached hydrogens (tertiary/aromatic N) is 2. The van der Waals surface area contributed by atoms with Crippen molar-refractivity contribution >= 4 is 27.8 Å². The molecule has 1 aromatic heterocycles. The van der Waals surface area contributed by atoms with Crippen LogP contribution in [0.25, 0.3) is 4.85 Å². The number of carbonyl (C=O) groups is 1. The van der Waals surface area contributed by atoms with Gasteiger partial charge in [0.25, 0.3) is 5.82 Å². The van der Waals surface area contributed by atoms with E-state index in [1.165, 1.54) is 4.68 Å². The van der Waals surface area contributed by atoms with E-state index in [2.05, 4.69) is 26.2 Å². The second-order valence-electron chi connectivity index (χ2n) is 4.11. The summed E-state index contributed by atoms with van der Waals surface area (Å²) in [6.07, 6.45) is 0.984. The van der Waals surface area contributed by atoms with Gasteiger partial charge in [-0.15, -0.1) is 0 Å². The van der Waals surface area contributed by atoms with Crippen LogP contribution in [-0.4, -0.2) is 16.4 Å². The van der Waals surface area contributed by atoms with E-state index in [1.54, 1.807) is 33.0 Å². The summed E-state index contributed by atoms with van der Waals surface area (Å²) in [6, 6.07) is 1.60. The van der Waals surface area contributed by atoms with Crippen molar-refractivity contribution in [3.63, 3.8) is 0 Å². The minimum atomic E-state index is -0.597. The number of carbonyl (C=O) groups excluding carboxylic acids is 1. The van der Waals surface area contributed by atoms with E-state index in [1.807, 2.05) is 0 Å². The van der Waals surface area contributed by atoms with Gasteiger partial charge in [0.05, 0.1) is 0 Å². The van der Waals surface area contributed by atoms with Gasteiger partial charge in [0.15, 0.2) is 0 Å². The van der Waals surface area contributed by atoms with Crippen LogP contribution in [0.5, 0.6) is 0 Å². The summed E-state index contributed by atoms with van der Waals surface area (Å²) in [6.45, 7) is 12.2. The number of rotatable bonds is 1. The summed E-state index contributed by atoms with van der Waals surface area (Å²) in [5.74, 6) is 0.303. The van der Waals surface area contributed by atoms with Crippen molar-refractivity contribution < 1.29 is 9.53 Å². The first kappa shape index (κ1) is 12.6. The fraction of sp³-hybridized carbons (Fsp3) is 0.400. The van der Waals surface area contributed by atoms with E-state index >= 15 is 0 Å². The van der Waals surface area contributed by atoms with E-state index in [0.29, 0.717) is 5.82 Å². The van der Waals surface area contributed by atoms with Crippen LogP contribution in [0.15, 0.2) is 16.7 Å². The van der Waals surface area contributed by atoms with Gasteiger partial charge in [-0.1, -0.05) is 6.57 Å². The van der Waals surface area contributed by atoms with Gasteiger partial charge in [-0.2, -0.15) is 10.1 Å². The fourth-order valence-electron chi connectivity index (χ4n) is 0.995. The summed E-state index contributed by atoms with van der Waals surface area (Å²) in [5, 5.41) is 0. The van der Waals surface area contributed by atoms with Gasteiger partial charge < -0.3 is 9.58 Å². The molecular formula is C10H12BrN3O2. The smallest absolute Gasteiger partial charge is 0.442 e. The van der Waals surface area contributed by atoms with Crippen LogP contribution in [0, 0.1) is 6.57 Å². The molecule has 86 valence electrons. The lowest BCUT2D eigenvalue weighted by Gasteiger charge is -2.19. The number of hydrogen-bond acceptors (Lipinski definition) is 2. The molecule has 16 heavy (non-hydrogen) atoms. The first-order valence-electron chi connectivity index (χ1n) is 4.57. The molecule has 0 bridgehead atoms. The van der Waals surface area contributed by atoms with Gasteiger partial charge in [0, 0.05) is 4.47 Å². The molecule has 0 saturated carbocycles. The van der Waals surface area contributed by atoms with E-state index in [9.17, 15) is 4.79 Å². The zero-order valence-electron chi connectivity index (χ0n) is 9.24. The maximum atomic E-state index is 11.4. The third kappa shape index (κ3) is 3.59. The normalized spacial score (nSPS) is 10.7. The lowest BCUT2D eigenvalue weighted by atomic mass is 10.2. The molecule has 0 aromatic carbocycles. The lowest BCUT2D eigenvalue weighted by Crippen LogP contribution is -2.31. The topological polar surface area (TPSA) is 47.6 Å². The highest BCUT2D eigenvalue weighted by Crippen LogP contribution is 2.20. The van der Waals surface area contributed by atoms with Crippen molar-refractivity contribution in [3.05, 3.63) is 28.2 Å². The molecule has 5 nitrogen and oxygen atoms in total. The molecule has 1 N–H and O–H groups in total. The molecule has 1 amide bonds. The van der Waals surface area contributed by atoms with Gasteiger partial charge >= 0.3 is 6.09 Å². The number of nitrogens with one attached hydrogen (secondary N) is 1. The summed E-state index contributed by atoms with van der Waals surface area (Å²) in [4.78, 5) is 14.7. The average molecular weight is 286 g/mol. The van der Waals surface area contributed by atoms with Crippen LogP contribution >= 0.6 is 15.9 Å². The lowest BCUT2D eigenvalue weighted by molar-refractivity contribution is 0.0614. The molecule has 1 aromatic rings. The summed E-state index contributed by atoms with van der Waals surface area (Å²) < 4.78 is 7.09. The van der Waals surface area contributed by atoms with Gasteiger partial charge in [0.2, 0.25) is 0 Å². The Morgan fingerprint density at radius 2 is 2.25 bits per heavy atom. The van der Waals surface area contributed by atoms with E-state index in [4.69, 9.17) is 11.3 Å². The number of ether oxygens (including phenoxy) is 1. The molecule has 0 unspecified atom stereocenters. The number of amides is 1. The molecule has 0 spiro atoms. The van der Waals surface area contributed by atoms with Crippen LogP contribution in [0.4, 0.5) is 10.6 Å². The Balaban J connectivity index is 2.74. The Labute approximate surface area is 102 Å². The van der Waals surface area contributed by atoms with Crippen LogP contribution in [-0.2, 0) is 4.74 Å². The Morgan fingerprint density at radius 1 is 1.62 bits per heavy atom. The third-order valence-electron chi connectivity index (χ3n) is 1.49. The Morgan fingerprint density at radius 3 is 2.75 bits per heavy atom. The maximum absolute atomic E-state index is 11.4. The second-order valence-corrected chi connectivity index (χ2v) is 5.03. The summed E-state index contributed by atoms with van der Waals surface area (Å²) in [7, 11) is 0. The Bertz CT molecular complexity index is 440. The van der Waals surface area contributed by atoms with Crippen molar-refractivity contribution in [2.75, 3.05) is 5.43 Å². The van der Waals surface area contributed by atoms with E-state index in [0.717, 1.165) is 4.47 Å². The minimum Gasteiger partial charge on any atom is -0.442 e. The standard InChI is InChI=1S/C10H12BrN3O2/c1-10(2,3)16-9(15)13-14-6-7(11)5-8(14)12-4/h5-6H,1-3H3,(H,13,15). The van der Waals surface area contributed by atoms with Crippen LogP contribution < -0.4 is 5.43 Å². The minimum absolute atomic E-state index is 0.303. The highest BCUT2D eigenvalue weighted by Gasteiger charge is 2.18. The quantitative estimate of drug-likeness (QED) is 0.805. The SMILES string of the molecule is [C-]#[N+]c1cc(Br)cn1NC(=O)OC(C)(C)C. The Kier molecular flexibility index (Phi) is 3.60. The van der Waals surface area contributed by atoms with Crippen molar-refractivity contribution in [3.8, 4) is 0 Å². The van der Waals surface area contributed by atoms with E-state index in [-0.39, 0.29) is 0 Å². The summed E-state index contributed by atoms with van der Waals surface area (Å²) in [5.41, 5.74) is 1.89. The average Bonchev–Trinajstić information content (AvgIpc) is 2.42. The van der Waals surface area contributed by atoms with Crippen molar-refractivity contribution in [1.82, 2.24) is 4.68 Å². The second kappa shape index (κ2) is 4.58. The maximum Gasteiger partial charge on any atom is 0.442 e. The molecule has 0 aliphatic rings. The third-order valence-corrected chi connectivity index (χ3v) is 1.93. The number of hydrogen-bond donors (Lipinski definition) is 1. The highest BCUT2D eigenvalue weighted by atomic mass is 79.9. The number of halogens is 1. The zero-order chi connectivity index (χ0) is 12.3. The molecule has 0 saturated heterocycles. The monoisotopic (exact) mass is 285 g/mol. The molecule has 0 aliphatic heterocycles. The Hall–Kier alpha value is -1.48. The van der Waals surface area contributed by atoms with Crippen LogP contribution in [0.3, 0.4) is 0 Å². The molecule has 0 atom stereocenters. The van der Waals surface area contributed by atoms with Gasteiger partial charge in [0.1, 0.15) is 11.8 Å². The molecule has 1 rings (SSSR count). The van der Waals surface area contributed by atoms with Crippen LogP contribution in [0.2, 0.25) is 0 Å².